The summed E-state index contributed by atoms with van der Waals surface area (Å²) in [6.45, 7) is 3.52. The number of rotatable bonds is 8. The van der Waals surface area contributed by atoms with Gasteiger partial charge >= 0.3 is 5.97 Å². The molecule has 0 aromatic heterocycles. The number of sulfonamides is 1. The van der Waals surface area contributed by atoms with Crippen molar-refractivity contribution in [3.8, 4) is 0 Å². The lowest BCUT2D eigenvalue weighted by Gasteiger charge is -2.13. The van der Waals surface area contributed by atoms with E-state index < -0.39 is 28.0 Å². The van der Waals surface area contributed by atoms with Gasteiger partial charge in [0.2, 0.25) is 10.0 Å². The van der Waals surface area contributed by atoms with Crippen molar-refractivity contribution in [1.29, 1.82) is 0 Å². The number of halogens is 1. The van der Waals surface area contributed by atoms with Crippen LogP contribution >= 0.6 is 15.9 Å². The Kier molecular flexibility index (Phi) is 7.66. The van der Waals surface area contributed by atoms with Crippen molar-refractivity contribution in [2.45, 2.75) is 31.3 Å². The summed E-state index contributed by atoms with van der Waals surface area (Å²) in [4.78, 5) is 23.1. The number of benzene rings is 1. The Morgan fingerprint density at radius 1 is 1.30 bits per heavy atom. The molecule has 0 radical (unpaired) electrons. The highest BCUT2D eigenvalue weighted by Crippen LogP contribution is 2.20. The quantitative estimate of drug-likeness (QED) is 0.631. The molecule has 0 saturated carbocycles. The number of nitrogens with one attached hydrogen (secondary N) is 2. The molecular formula is C14H19BrN2O5S. The number of carbonyl (C=O) groups excluding carboxylic acids is 2. The second kappa shape index (κ2) is 8.99. The third kappa shape index (κ3) is 6.28. The Hall–Kier alpha value is -1.45. The highest BCUT2D eigenvalue weighted by Gasteiger charge is 2.19. The first-order valence-corrected chi connectivity index (χ1v) is 9.27. The van der Waals surface area contributed by atoms with Crippen LogP contribution in [0.2, 0.25) is 0 Å². The maximum absolute atomic E-state index is 12.1. The minimum atomic E-state index is -3.72. The molecule has 0 saturated heterocycles. The minimum absolute atomic E-state index is 0.0871. The van der Waals surface area contributed by atoms with Crippen LogP contribution in [0.25, 0.3) is 0 Å². The Labute approximate surface area is 144 Å². The molecule has 1 amide bonds. The van der Waals surface area contributed by atoms with E-state index in [1.807, 2.05) is 0 Å². The molecule has 0 aliphatic rings. The van der Waals surface area contributed by atoms with Crippen LogP contribution in [-0.2, 0) is 24.3 Å². The van der Waals surface area contributed by atoms with Gasteiger partial charge in [0.25, 0.3) is 5.91 Å². The first kappa shape index (κ1) is 19.6. The van der Waals surface area contributed by atoms with Crippen molar-refractivity contribution >= 4 is 37.8 Å². The molecule has 1 atom stereocenters. The molecule has 1 rings (SSSR count). The van der Waals surface area contributed by atoms with Gasteiger partial charge in [-0.2, -0.15) is 0 Å². The highest BCUT2D eigenvalue weighted by molar-refractivity contribution is 9.10. The zero-order chi connectivity index (χ0) is 17.5. The van der Waals surface area contributed by atoms with Crippen LogP contribution in [0.3, 0.4) is 0 Å². The standard InChI is InChI=1S/C14H19BrN2O5S/c1-3-16-14(19)10(2)22-13(18)8-9-17-23(20,21)12-7-5-4-6-11(12)15/h4-7,10,17H,3,8-9H2,1-2H3,(H,16,19)/t10-/m1/s1. The molecule has 0 aliphatic carbocycles. The maximum atomic E-state index is 12.1. The predicted molar refractivity (Wildman–Crippen MR) is 88.2 cm³/mol. The lowest BCUT2D eigenvalue weighted by molar-refractivity contribution is -0.154. The first-order valence-electron chi connectivity index (χ1n) is 6.99. The van der Waals surface area contributed by atoms with Crippen LogP contribution in [-0.4, -0.2) is 39.5 Å². The lowest BCUT2D eigenvalue weighted by Crippen LogP contribution is -2.36. The summed E-state index contributed by atoms with van der Waals surface area (Å²) in [5.74, 6) is -1.05. The highest BCUT2D eigenvalue weighted by atomic mass is 79.9. The van der Waals surface area contributed by atoms with Gasteiger partial charge in [-0.25, -0.2) is 13.1 Å². The van der Waals surface area contributed by atoms with E-state index in [0.29, 0.717) is 11.0 Å². The second-order valence-electron chi connectivity index (χ2n) is 4.60. The van der Waals surface area contributed by atoms with Gasteiger partial charge in [0.15, 0.2) is 6.10 Å². The van der Waals surface area contributed by atoms with Gasteiger partial charge in [0.1, 0.15) is 0 Å². The molecule has 128 valence electrons. The fraction of sp³-hybridized carbons (Fsp3) is 0.429. The third-order valence-corrected chi connectivity index (χ3v) is 5.25. The molecule has 0 fully saturated rings. The van der Waals surface area contributed by atoms with Crippen molar-refractivity contribution in [3.63, 3.8) is 0 Å². The van der Waals surface area contributed by atoms with Crippen LogP contribution in [0.5, 0.6) is 0 Å². The SMILES string of the molecule is CCNC(=O)[C@@H](C)OC(=O)CCNS(=O)(=O)c1ccccc1Br. The molecule has 23 heavy (non-hydrogen) atoms. The first-order chi connectivity index (χ1) is 10.8. The normalized spacial score (nSPS) is 12.5. The second-order valence-corrected chi connectivity index (χ2v) is 7.19. The van der Waals surface area contributed by atoms with E-state index in [1.54, 1.807) is 25.1 Å². The molecule has 1 aromatic rings. The molecule has 0 spiro atoms. The number of esters is 1. The molecule has 7 nitrogen and oxygen atoms in total. The number of amides is 1. The Morgan fingerprint density at radius 2 is 1.96 bits per heavy atom. The van der Waals surface area contributed by atoms with E-state index in [4.69, 9.17) is 4.74 Å². The van der Waals surface area contributed by atoms with Gasteiger partial charge in [-0.3, -0.25) is 9.59 Å². The molecule has 0 unspecified atom stereocenters. The molecule has 0 aliphatic heterocycles. The molecular weight excluding hydrogens is 388 g/mol. The maximum Gasteiger partial charge on any atom is 0.307 e. The van der Waals surface area contributed by atoms with Crippen LogP contribution in [0.4, 0.5) is 0 Å². The van der Waals surface area contributed by atoms with Gasteiger partial charge in [0.05, 0.1) is 11.3 Å². The van der Waals surface area contributed by atoms with E-state index in [-0.39, 0.29) is 17.9 Å². The molecule has 9 heteroatoms. The lowest BCUT2D eigenvalue weighted by atomic mass is 10.3. The van der Waals surface area contributed by atoms with Gasteiger partial charge in [-0.05, 0) is 41.9 Å². The molecule has 2 N–H and O–H groups in total. The zero-order valence-corrected chi connectivity index (χ0v) is 15.2. The number of hydrogen-bond donors (Lipinski definition) is 2. The molecule has 1 aromatic carbocycles. The van der Waals surface area contributed by atoms with Crippen LogP contribution in [0.1, 0.15) is 20.3 Å². The number of ether oxygens (including phenoxy) is 1. The number of carbonyl (C=O) groups is 2. The summed E-state index contributed by atoms with van der Waals surface area (Å²) < 4.78 is 31.8. The summed E-state index contributed by atoms with van der Waals surface area (Å²) in [5.41, 5.74) is 0. The van der Waals surface area contributed by atoms with E-state index in [0.717, 1.165) is 0 Å². The molecule has 0 heterocycles. The smallest absolute Gasteiger partial charge is 0.307 e. The summed E-state index contributed by atoms with van der Waals surface area (Å²) in [6, 6.07) is 6.35. The Bertz CT molecular complexity index is 663. The Morgan fingerprint density at radius 3 is 2.57 bits per heavy atom. The predicted octanol–water partition coefficient (Wildman–Crippen LogP) is 1.19. The van der Waals surface area contributed by atoms with Gasteiger partial charge in [-0.15, -0.1) is 0 Å². The van der Waals surface area contributed by atoms with E-state index in [2.05, 4.69) is 26.0 Å². The topological polar surface area (TPSA) is 102 Å². The average Bonchev–Trinajstić information content (AvgIpc) is 2.47. The largest absolute Gasteiger partial charge is 0.453 e. The van der Waals surface area contributed by atoms with Gasteiger partial charge in [-0.1, -0.05) is 12.1 Å². The Balaban J connectivity index is 2.49. The molecule has 0 bridgehead atoms. The van der Waals surface area contributed by atoms with Crippen molar-refractivity contribution < 1.29 is 22.7 Å². The summed E-state index contributed by atoms with van der Waals surface area (Å²) in [7, 11) is -3.72. The van der Waals surface area contributed by atoms with Crippen LogP contribution in [0, 0.1) is 0 Å². The fourth-order valence-corrected chi connectivity index (χ4v) is 3.69. The third-order valence-electron chi connectivity index (χ3n) is 2.78. The van der Waals surface area contributed by atoms with Crippen molar-refractivity contribution in [2.24, 2.45) is 0 Å². The average molecular weight is 407 g/mol. The zero-order valence-electron chi connectivity index (χ0n) is 12.8. The summed E-state index contributed by atoms with van der Waals surface area (Å²) >= 11 is 3.16. The monoisotopic (exact) mass is 406 g/mol. The number of hydrogen-bond acceptors (Lipinski definition) is 5. The summed E-state index contributed by atoms with van der Waals surface area (Å²) in [5, 5.41) is 2.53. The minimum Gasteiger partial charge on any atom is -0.453 e. The van der Waals surface area contributed by atoms with E-state index in [9.17, 15) is 18.0 Å². The van der Waals surface area contributed by atoms with E-state index >= 15 is 0 Å². The fourth-order valence-electron chi connectivity index (χ4n) is 1.66. The van der Waals surface area contributed by atoms with Gasteiger partial charge in [0, 0.05) is 17.6 Å². The van der Waals surface area contributed by atoms with Crippen molar-refractivity contribution in [2.75, 3.05) is 13.1 Å². The van der Waals surface area contributed by atoms with Crippen molar-refractivity contribution in [1.82, 2.24) is 10.0 Å². The van der Waals surface area contributed by atoms with Crippen LogP contribution in [0.15, 0.2) is 33.6 Å². The van der Waals surface area contributed by atoms with E-state index in [1.165, 1.54) is 13.0 Å². The number of likely N-dealkylation sites (N-methyl/N-ethyl adjacent to an activating group) is 1. The van der Waals surface area contributed by atoms with Crippen molar-refractivity contribution in [3.05, 3.63) is 28.7 Å². The van der Waals surface area contributed by atoms with Crippen LogP contribution < -0.4 is 10.0 Å². The summed E-state index contributed by atoms with van der Waals surface area (Å²) in [6.07, 6.45) is -1.09. The van der Waals surface area contributed by atoms with Gasteiger partial charge < -0.3 is 10.1 Å².